The zero-order chi connectivity index (χ0) is 29.0. The van der Waals surface area contributed by atoms with Crippen LogP contribution in [0.3, 0.4) is 0 Å². The maximum atomic E-state index is 12.5. The highest BCUT2D eigenvalue weighted by Crippen LogP contribution is 2.30. The Morgan fingerprint density at radius 1 is 1.18 bits per heavy atom. The summed E-state index contributed by atoms with van der Waals surface area (Å²) >= 11 is 0. The van der Waals surface area contributed by atoms with E-state index < -0.39 is 18.0 Å². The third kappa shape index (κ3) is 7.07. The van der Waals surface area contributed by atoms with Gasteiger partial charge in [0.05, 0.1) is 34.6 Å². The molecule has 0 saturated heterocycles. The smallest absolute Gasteiger partial charge is 0.309 e. The highest BCUT2D eigenvalue weighted by atomic mass is 16.6. The molecule has 0 radical (unpaired) electrons. The van der Waals surface area contributed by atoms with Crippen molar-refractivity contribution in [2.75, 3.05) is 26.0 Å². The number of nitrogens with two attached hydrogens (primary N) is 1. The van der Waals surface area contributed by atoms with E-state index in [2.05, 4.69) is 10.4 Å². The number of fused-ring (bicyclic) bond motifs is 1. The number of esters is 2. The fourth-order valence-electron chi connectivity index (χ4n) is 5.67. The first kappa shape index (κ1) is 29.3. The summed E-state index contributed by atoms with van der Waals surface area (Å²) in [6, 6.07) is 5.40. The standard InChI is InChI=1S/C29H39N5O6/c1-17-28-25(6-5-7-26(28)36)34(32-17)20-10-13-23(29(30)38)24(14-20)31-19-8-11-21(12-9-19)40-27(37)15-22(16-33(3)4)39-18(2)35/h10,13-14,19,21-22,31H,5-9,11-12,15-16H2,1-4H3,(H2,30,38)/t19-,21-,22?. The molecule has 1 saturated carbocycles. The molecule has 0 spiro atoms. The molecule has 11 nitrogen and oxygen atoms in total. The van der Waals surface area contributed by atoms with E-state index in [4.69, 9.17) is 15.2 Å². The number of nitrogens with one attached hydrogen (secondary N) is 1. The monoisotopic (exact) mass is 553 g/mol. The zero-order valence-corrected chi connectivity index (χ0v) is 23.7. The van der Waals surface area contributed by atoms with Crippen molar-refractivity contribution in [1.29, 1.82) is 0 Å². The molecular formula is C29H39N5O6. The summed E-state index contributed by atoms with van der Waals surface area (Å²) in [5.41, 5.74) is 9.74. The molecule has 2 aliphatic rings. The Balaban J connectivity index is 1.40. The van der Waals surface area contributed by atoms with Gasteiger partial charge in [0, 0.05) is 31.6 Å². The second-order valence-corrected chi connectivity index (χ2v) is 11.0. The Bertz CT molecular complexity index is 1280. The van der Waals surface area contributed by atoms with E-state index in [1.54, 1.807) is 16.8 Å². The Morgan fingerprint density at radius 3 is 2.55 bits per heavy atom. The third-order valence-corrected chi connectivity index (χ3v) is 7.39. The number of benzene rings is 1. The van der Waals surface area contributed by atoms with Crippen LogP contribution in [-0.4, -0.2) is 77.2 Å². The number of hydrogen-bond donors (Lipinski definition) is 2. The van der Waals surface area contributed by atoms with Gasteiger partial charge in [-0.1, -0.05) is 0 Å². The van der Waals surface area contributed by atoms with Gasteiger partial charge in [-0.2, -0.15) is 5.10 Å². The van der Waals surface area contributed by atoms with Crippen molar-refractivity contribution in [3.63, 3.8) is 0 Å². The summed E-state index contributed by atoms with van der Waals surface area (Å²) in [5.74, 6) is -1.23. The number of ether oxygens (including phenoxy) is 2. The van der Waals surface area contributed by atoms with E-state index >= 15 is 0 Å². The molecule has 1 fully saturated rings. The molecule has 4 rings (SSSR count). The highest BCUT2D eigenvalue weighted by molar-refractivity contribution is 6.00. The molecule has 1 heterocycles. The predicted octanol–water partition coefficient (Wildman–Crippen LogP) is 2.95. The minimum atomic E-state index is -0.556. The fourth-order valence-corrected chi connectivity index (χ4v) is 5.67. The molecular weight excluding hydrogens is 514 g/mol. The zero-order valence-electron chi connectivity index (χ0n) is 23.7. The van der Waals surface area contributed by atoms with Gasteiger partial charge in [0.1, 0.15) is 12.2 Å². The van der Waals surface area contributed by atoms with E-state index in [1.165, 1.54) is 6.92 Å². The second kappa shape index (κ2) is 12.6. The molecule has 11 heteroatoms. The Morgan fingerprint density at radius 2 is 1.90 bits per heavy atom. The molecule has 1 unspecified atom stereocenters. The average molecular weight is 554 g/mol. The number of Topliss-reactive ketones (excluding diaryl/α,β-unsaturated/α-hetero) is 1. The molecule has 1 atom stereocenters. The summed E-state index contributed by atoms with van der Waals surface area (Å²) in [6.45, 7) is 3.61. The van der Waals surface area contributed by atoms with Gasteiger partial charge >= 0.3 is 11.9 Å². The van der Waals surface area contributed by atoms with Crippen LogP contribution in [0.1, 0.15) is 84.0 Å². The number of aromatic nitrogens is 2. The molecule has 1 aromatic carbocycles. The van der Waals surface area contributed by atoms with Crippen molar-refractivity contribution in [2.45, 2.75) is 83.5 Å². The highest BCUT2D eigenvalue weighted by Gasteiger charge is 2.28. The lowest BCUT2D eigenvalue weighted by atomic mass is 9.92. The second-order valence-electron chi connectivity index (χ2n) is 11.0. The summed E-state index contributed by atoms with van der Waals surface area (Å²) in [6.07, 6.45) is 4.11. The first-order chi connectivity index (χ1) is 19.0. The van der Waals surface area contributed by atoms with E-state index in [-0.39, 0.29) is 30.3 Å². The summed E-state index contributed by atoms with van der Waals surface area (Å²) < 4.78 is 12.8. The third-order valence-electron chi connectivity index (χ3n) is 7.39. The Hall–Kier alpha value is -3.73. The maximum Gasteiger partial charge on any atom is 0.309 e. The van der Waals surface area contributed by atoms with Gasteiger partial charge in [-0.05, 0) is 77.7 Å². The SMILES string of the molecule is CC(=O)OC(CC(=O)O[C@H]1CC[C@H](Nc2cc(-n3nc(C)c4c3CCCC4=O)ccc2C(N)=O)CC1)CN(C)C. The first-order valence-corrected chi connectivity index (χ1v) is 13.9. The normalized spacial score (nSPS) is 19.6. The summed E-state index contributed by atoms with van der Waals surface area (Å²) in [4.78, 5) is 50.5. The number of primary amides is 1. The number of aryl methyl sites for hydroxylation is 1. The van der Waals surface area contributed by atoms with Gasteiger partial charge in [0.15, 0.2) is 5.78 Å². The van der Waals surface area contributed by atoms with Gasteiger partial charge in [-0.15, -0.1) is 0 Å². The van der Waals surface area contributed by atoms with Crippen LogP contribution in [0.2, 0.25) is 0 Å². The average Bonchev–Trinajstić information content (AvgIpc) is 3.21. The van der Waals surface area contributed by atoms with E-state index in [0.717, 1.165) is 37.1 Å². The summed E-state index contributed by atoms with van der Waals surface area (Å²) in [7, 11) is 3.69. The molecule has 2 aliphatic carbocycles. The Kier molecular flexibility index (Phi) is 9.24. The number of hydrogen-bond acceptors (Lipinski definition) is 9. The fraction of sp³-hybridized carbons (Fsp3) is 0.552. The van der Waals surface area contributed by atoms with Gasteiger partial charge in [-0.25, -0.2) is 4.68 Å². The first-order valence-electron chi connectivity index (χ1n) is 13.9. The van der Waals surface area contributed by atoms with Crippen LogP contribution in [0, 0.1) is 6.92 Å². The van der Waals surface area contributed by atoms with Crippen LogP contribution in [0.5, 0.6) is 0 Å². The predicted molar refractivity (Wildman–Crippen MR) is 149 cm³/mol. The van der Waals surface area contributed by atoms with Gasteiger partial charge < -0.3 is 25.4 Å². The van der Waals surface area contributed by atoms with Gasteiger partial charge in [-0.3, -0.25) is 19.2 Å². The van der Waals surface area contributed by atoms with Crippen molar-refractivity contribution >= 4 is 29.3 Å². The van der Waals surface area contributed by atoms with Crippen LogP contribution in [0.15, 0.2) is 18.2 Å². The number of carbonyl (C=O) groups excluding carboxylic acids is 4. The number of carbonyl (C=O) groups is 4. The molecule has 0 aliphatic heterocycles. The molecule has 40 heavy (non-hydrogen) atoms. The van der Waals surface area contributed by atoms with Crippen molar-refractivity contribution in [1.82, 2.24) is 14.7 Å². The van der Waals surface area contributed by atoms with Crippen LogP contribution >= 0.6 is 0 Å². The van der Waals surface area contributed by atoms with Crippen molar-refractivity contribution < 1.29 is 28.7 Å². The molecule has 2 aromatic rings. The topological polar surface area (TPSA) is 146 Å². The number of rotatable bonds is 10. The van der Waals surface area contributed by atoms with E-state index in [0.29, 0.717) is 48.3 Å². The molecule has 0 bridgehead atoms. The van der Waals surface area contributed by atoms with Crippen LogP contribution in [0.25, 0.3) is 5.69 Å². The quantitative estimate of drug-likeness (QED) is 0.424. The molecule has 216 valence electrons. The summed E-state index contributed by atoms with van der Waals surface area (Å²) in [5, 5.41) is 8.11. The number of likely N-dealkylation sites (N-methyl/N-ethyl adjacent to an activating group) is 1. The van der Waals surface area contributed by atoms with Gasteiger partial charge in [0.25, 0.3) is 5.91 Å². The van der Waals surface area contributed by atoms with Crippen LogP contribution < -0.4 is 11.1 Å². The maximum absolute atomic E-state index is 12.5. The lowest BCUT2D eigenvalue weighted by molar-refractivity contribution is -0.158. The number of nitrogens with zero attached hydrogens (tertiary/aromatic N) is 3. The van der Waals surface area contributed by atoms with Crippen molar-refractivity contribution in [3.05, 3.63) is 40.7 Å². The lowest BCUT2D eigenvalue weighted by Gasteiger charge is -2.30. The van der Waals surface area contributed by atoms with Crippen LogP contribution in [0.4, 0.5) is 5.69 Å². The number of ketones is 1. The van der Waals surface area contributed by atoms with Crippen LogP contribution in [-0.2, 0) is 25.5 Å². The minimum absolute atomic E-state index is 0.00685. The molecule has 1 aromatic heterocycles. The Labute approximate surface area is 234 Å². The number of amides is 1. The molecule has 1 amide bonds. The number of anilines is 1. The van der Waals surface area contributed by atoms with E-state index in [9.17, 15) is 19.2 Å². The largest absolute Gasteiger partial charge is 0.462 e. The van der Waals surface area contributed by atoms with Crippen molar-refractivity contribution in [2.24, 2.45) is 5.73 Å². The lowest BCUT2D eigenvalue weighted by Crippen LogP contribution is -2.35. The van der Waals surface area contributed by atoms with Crippen molar-refractivity contribution in [3.8, 4) is 5.69 Å². The van der Waals surface area contributed by atoms with Gasteiger partial charge in [0.2, 0.25) is 0 Å². The molecule has 3 N–H and O–H groups in total. The minimum Gasteiger partial charge on any atom is -0.462 e. The van der Waals surface area contributed by atoms with E-state index in [1.807, 2.05) is 32.0 Å².